The largest absolute Gasteiger partial charge is 0.348 e. The molecular weight excluding hydrogens is 320 g/mol. The Morgan fingerprint density at radius 2 is 1.65 bits per heavy atom. The van der Waals surface area contributed by atoms with E-state index in [0.717, 1.165) is 30.3 Å². The van der Waals surface area contributed by atoms with E-state index in [2.05, 4.69) is 60.7 Å². The average Bonchev–Trinajstić information content (AvgIpc) is 3.06. The lowest BCUT2D eigenvalue weighted by molar-refractivity contribution is 0.0952. The zero-order valence-corrected chi connectivity index (χ0v) is 15.4. The van der Waals surface area contributed by atoms with Crippen molar-refractivity contribution in [3.8, 4) is 0 Å². The molecule has 0 bridgehead atoms. The first kappa shape index (κ1) is 16.8. The lowest BCUT2D eigenvalue weighted by Crippen LogP contribution is -2.24. The topological polar surface area (TPSA) is 32.3 Å². The highest BCUT2D eigenvalue weighted by Crippen LogP contribution is 2.32. The van der Waals surface area contributed by atoms with E-state index < -0.39 is 0 Å². The Morgan fingerprint density at radius 3 is 2.42 bits per heavy atom. The lowest BCUT2D eigenvalue weighted by Gasteiger charge is -2.15. The van der Waals surface area contributed by atoms with Crippen LogP contribution in [0.2, 0.25) is 0 Å². The van der Waals surface area contributed by atoms with Crippen molar-refractivity contribution in [1.82, 2.24) is 10.2 Å². The molecule has 1 aliphatic carbocycles. The molecule has 3 heteroatoms. The molecule has 0 atom stereocenters. The highest BCUT2D eigenvalue weighted by Gasteiger charge is 2.18. The molecule has 0 heterocycles. The molecule has 1 aliphatic rings. The predicted octanol–water partition coefficient (Wildman–Crippen LogP) is 3.93. The molecule has 4 rings (SSSR count). The number of nitrogens with one attached hydrogen (secondary N) is 1. The van der Waals surface area contributed by atoms with Crippen molar-refractivity contribution in [3.63, 3.8) is 0 Å². The molecule has 0 aliphatic heterocycles. The summed E-state index contributed by atoms with van der Waals surface area (Å²) in [7, 11) is 4.12. The van der Waals surface area contributed by atoms with Gasteiger partial charge in [-0.15, -0.1) is 0 Å². The number of amides is 1. The minimum Gasteiger partial charge on any atom is -0.348 e. The number of aryl methyl sites for hydroxylation is 2. The van der Waals surface area contributed by atoms with E-state index in [-0.39, 0.29) is 5.91 Å². The monoisotopic (exact) mass is 344 g/mol. The Hall–Kier alpha value is -2.65. The summed E-state index contributed by atoms with van der Waals surface area (Å²) >= 11 is 0. The fraction of sp³-hybridized carbons (Fsp3) is 0.261. The molecule has 0 saturated heterocycles. The second-order valence-corrected chi connectivity index (χ2v) is 7.30. The van der Waals surface area contributed by atoms with Crippen molar-refractivity contribution in [3.05, 3.63) is 82.4 Å². The van der Waals surface area contributed by atoms with Crippen molar-refractivity contribution in [2.24, 2.45) is 0 Å². The summed E-state index contributed by atoms with van der Waals surface area (Å²) < 4.78 is 0. The normalized spacial score (nSPS) is 12.7. The summed E-state index contributed by atoms with van der Waals surface area (Å²) in [5.41, 5.74) is 5.92. The number of nitrogens with zero attached hydrogens (tertiary/aromatic N) is 1. The molecule has 1 amide bonds. The maximum absolute atomic E-state index is 12.9. The third-order valence-corrected chi connectivity index (χ3v) is 5.17. The second-order valence-electron chi connectivity index (χ2n) is 7.30. The Kier molecular flexibility index (Phi) is 4.48. The fourth-order valence-electron chi connectivity index (χ4n) is 3.94. The molecule has 3 aromatic rings. The smallest absolute Gasteiger partial charge is 0.252 e. The molecule has 3 aromatic carbocycles. The molecule has 1 N–H and O–H groups in total. The van der Waals surface area contributed by atoms with Crippen LogP contribution in [0.15, 0.2) is 54.6 Å². The van der Waals surface area contributed by atoms with E-state index in [1.807, 2.05) is 18.2 Å². The molecule has 0 fully saturated rings. The molecule has 3 nitrogen and oxygen atoms in total. The van der Waals surface area contributed by atoms with Gasteiger partial charge in [-0.25, -0.2) is 0 Å². The summed E-state index contributed by atoms with van der Waals surface area (Å²) in [5.74, 6) is 0.000237. The molecule has 0 unspecified atom stereocenters. The standard InChI is InChI=1S/C23H24N2O/c1-25(2)15-19-7-4-3-6-18(19)14-24-23(26)21-13-12-17-11-10-16-8-5-9-20(21)22(16)17/h3-9,12-13H,10-11,14-15H2,1-2H3,(H,24,26). The van der Waals surface area contributed by atoms with Crippen LogP contribution < -0.4 is 5.32 Å². The Balaban J connectivity index is 1.58. The van der Waals surface area contributed by atoms with Crippen molar-refractivity contribution in [1.29, 1.82) is 0 Å². The zero-order chi connectivity index (χ0) is 18.1. The van der Waals surface area contributed by atoms with E-state index in [0.29, 0.717) is 6.54 Å². The van der Waals surface area contributed by atoms with Gasteiger partial charge in [-0.1, -0.05) is 48.5 Å². The van der Waals surface area contributed by atoms with Crippen LogP contribution in [0.3, 0.4) is 0 Å². The van der Waals surface area contributed by atoms with Crippen LogP contribution in [0.5, 0.6) is 0 Å². The first-order valence-electron chi connectivity index (χ1n) is 9.16. The zero-order valence-electron chi connectivity index (χ0n) is 15.4. The van der Waals surface area contributed by atoms with Gasteiger partial charge in [-0.05, 0) is 66.0 Å². The van der Waals surface area contributed by atoms with Gasteiger partial charge >= 0.3 is 0 Å². The third kappa shape index (κ3) is 3.11. The summed E-state index contributed by atoms with van der Waals surface area (Å²) in [4.78, 5) is 15.0. The number of carbonyl (C=O) groups is 1. The van der Waals surface area contributed by atoms with Crippen LogP contribution in [0.25, 0.3) is 10.8 Å². The van der Waals surface area contributed by atoms with Crippen molar-refractivity contribution >= 4 is 16.7 Å². The highest BCUT2D eigenvalue weighted by atomic mass is 16.1. The van der Waals surface area contributed by atoms with Gasteiger partial charge < -0.3 is 10.2 Å². The lowest BCUT2D eigenvalue weighted by atomic mass is 9.99. The number of hydrogen-bond donors (Lipinski definition) is 1. The Morgan fingerprint density at radius 1 is 0.923 bits per heavy atom. The predicted molar refractivity (Wildman–Crippen MR) is 106 cm³/mol. The van der Waals surface area contributed by atoms with Crippen LogP contribution in [-0.2, 0) is 25.9 Å². The summed E-state index contributed by atoms with van der Waals surface area (Å²) in [6, 6.07) is 18.7. The van der Waals surface area contributed by atoms with E-state index in [1.54, 1.807) is 0 Å². The first-order chi connectivity index (χ1) is 12.6. The SMILES string of the molecule is CN(C)Cc1ccccc1CNC(=O)c1ccc2c3c(cccc13)CC2. The van der Waals surface area contributed by atoms with Gasteiger partial charge in [0, 0.05) is 18.7 Å². The van der Waals surface area contributed by atoms with Gasteiger partial charge in [-0.2, -0.15) is 0 Å². The van der Waals surface area contributed by atoms with Crippen molar-refractivity contribution in [2.75, 3.05) is 14.1 Å². The van der Waals surface area contributed by atoms with Crippen LogP contribution in [-0.4, -0.2) is 24.9 Å². The van der Waals surface area contributed by atoms with E-state index in [9.17, 15) is 4.79 Å². The van der Waals surface area contributed by atoms with E-state index in [4.69, 9.17) is 0 Å². The quantitative estimate of drug-likeness (QED) is 0.761. The van der Waals surface area contributed by atoms with Crippen LogP contribution in [0.4, 0.5) is 0 Å². The van der Waals surface area contributed by atoms with Crippen LogP contribution in [0, 0.1) is 0 Å². The Bertz CT molecular complexity index is 965. The number of hydrogen-bond acceptors (Lipinski definition) is 2. The van der Waals surface area contributed by atoms with Gasteiger partial charge in [0.25, 0.3) is 5.91 Å². The van der Waals surface area contributed by atoms with Gasteiger partial charge in [0.2, 0.25) is 0 Å². The second kappa shape index (κ2) is 6.93. The van der Waals surface area contributed by atoms with Gasteiger partial charge in [0.05, 0.1) is 0 Å². The van der Waals surface area contributed by atoms with Gasteiger partial charge in [0.1, 0.15) is 0 Å². The minimum atomic E-state index is 0.000237. The van der Waals surface area contributed by atoms with E-state index in [1.165, 1.54) is 27.6 Å². The molecule has 0 aromatic heterocycles. The summed E-state index contributed by atoms with van der Waals surface area (Å²) in [6.07, 6.45) is 2.16. The summed E-state index contributed by atoms with van der Waals surface area (Å²) in [6.45, 7) is 1.42. The fourth-order valence-corrected chi connectivity index (χ4v) is 3.94. The van der Waals surface area contributed by atoms with Crippen LogP contribution in [0.1, 0.15) is 32.6 Å². The van der Waals surface area contributed by atoms with Gasteiger partial charge in [0.15, 0.2) is 0 Å². The van der Waals surface area contributed by atoms with Crippen LogP contribution >= 0.6 is 0 Å². The number of carbonyl (C=O) groups excluding carboxylic acids is 1. The molecule has 26 heavy (non-hydrogen) atoms. The molecule has 0 radical (unpaired) electrons. The van der Waals surface area contributed by atoms with Gasteiger partial charge in [-0.3, -0.25) is 4.79 Å². The number of benzene rings is 3. The molecular formula is C23H24N2O. The van der Waals surface area contributed by atoms with Crippen molar-refractivity contribution in [2.45, 2.75) is 25.9 Å². The maximum Gasteiger partial charge on any atom is 0.252 e. The average molecular weight is 344 g/mol. The molecule has 0 saturated carbocycles. The number of rotatable bonds is 5. The third-order valence-electron chi connectivity index (χ3n) is 5.17. The van der Waals surface area contributed by atoms with E-state index >= 15 is 0 Å². The van der Waals surface area contributed by atoms with Crippen molar-refractivity contribution < 1.29 is 4.79 Å². The Labute approximate surface area is 154 Å². The first-order valence-corrected chi connectivity index (χ1v) is 9.16. The molecule has 132 valence electrons. The molecule has 0 spiro atoms. The summed E-state index contributed by atoms with van der Waals surface area (Å²) in [5, 5.41) is 5.49. The highest BCUT2D eigenvalue weighted by molar-refractivity contribution is 6.09. The minimum absolute atomic E-state index is 0.000237. The maximum atomic E-state index is 12.9.